The second-order valence-corrected chi connectivity index (χ2v) is 7.83. The number of aromatic nitrogens is 4. The van der Waals surface area contributed by atoms with Crippen LogP contribution >= 0.6 is 11.8 Å². The van der Waals surface area contributed by atoms with Crippen molar-refractivity contribution in [1.29, 1.82) is 0 Å². The number of carbonyl (C=O) groups excluding carboxylic acids is 1. The van der Waals surface area contributed by atoms with Crippen LogP contribution in [0.1, 0.15) is 20.3 Å². The third-order valence-corrected chi connectivity index (χ3v) is 5.23. The molecule has 0 aliphatic rings. The minimum Gasteiger partial charge on any atom is -0.495 e. The van der Waals surface area contributed by atoms with Gasteiger partial charge < -0.3 is 14.8 Å². The lowest BCUT2D eigenvalue weighted by Gasteiger charge is -2.13. The largest absolute Gasteiger partial charge is 0.495 e. The normalized spacial score (nSPS) is 11.1. The van der Waals surface area contributed by atoms with Gasteiger partial charge in [0.05, 0.1) is 24.7 Å². The molecule has 0 saturated carbocycles. The highest BCUT2D eigenvalue weighted by Gasteiger charge is 2.15. The molecule has 0 bridgehead atoms. The lowest BCUT2D eigenvalue weighted by Crippen LogP contribution is -2.26. The Labute approximate surface area is 184 Å². The molecule has 10 heteroatoms. The lowest BCUT2D eigenvalue weighted by molar-refractivity contribution is -0.113. The summed E-state index contributed by atoms with van der Waals surface area (Å²) in [5.74, 6) is 0.401. The molecular formula is C21H25N5O4S. The Kier molecular flexibility index (Phi) is 7.96. The summed E-state index contributed by atoms with van der Waals surface area (Å²) in [7, 11) is 1.54. The van der Waals surface area contributed by atoms with Crippen LogP contribution in [0.15, 0.2) is 46.6 Å². The highest BCUT2D eigenvalue weighted by atomic mass is 32.2. The molecule has 0 spiro atoms. The van der Waals surface area contributed by atoms with Crippen LogP contribution < -0.4 is 15.6 Å². The first-order valence-corrected chi connectivity index (χ1v) is 10.9. The van der Waals surface area contributed by atoms with Crippen molar-refractivity contribution >= 4 is 34.5 Å². The lowest BCUT2D eigenvalue weighted by atomic mass is 10.3. The van der Waals surface area contributed by atoms with Crippen molar-refractivity contribution in [1.82, 2.24) is 19.5 Å². The average Bonchev–Trinajstić information content (AvgIpc) is 2.77. The molecule has 0 aliphatic heterocycles. The van der Waals surface area contributed by atoms with Gasteiger partial charge in [-0.3, -0.25) is 14.2 Å². The molecule has 1 aromatic carbocycles. The summed E-state index contributed by atoms with van der Waals surface area (Å²) in [6.45, 7) is 4.84. The zero-order chi connectivity index (χ0) is 22.2. The third kappa shape index (κ3) is 6.02. The van der Waals surface area contributed by atoms with Crippen LogP contribution in [0.3, 0.4) is 0 Å². The number of fused-ring (bicyclic) bond motifs is 1. The fourth-order valence-corrected chi connectivity index (χ4v) is 3.66. The van der Waals surface area contributed by atoms with Gasteiger partial charge in [0.2, 0.25) is 5.91 Å². The maximum absolute atomic E-state index is 12.9. The summed E-state index contributed by atoms with van der Waals surface area (Å²) in [4.78, 5) is 38.2. The molecule has 3 rings (SSSR count). The predicted octanol–water partition coefficient (Wildman–Crippen LogP) is 2.74. The van der Waals surface area contributed by atoms with E-state index in [1.54, 1.807) is 19.2 Å². The fourth-order valence-electron chi connectivity index (χ4n) is 2.84. The van der Waals surface area contributed by atoms with E-state index >= 15 is 0 Å². The van der Waals surface area contributed by atoms with Gasteiger partial charge in [-0.2, -0.15) is 0 Å². The van der Waals surface area contributed by atoms with Crippen molar-refractivity contribution < 1.29 is 14.3 Å². The van der Waals surface area contributed by atoms with Crippen molar-refractivity contribution in [2.75, 3.05) is 24.8 Å². The van der Waals surface area contributed by atoms with Crippen molar-refractivity contribution in [2.24, 2.45) is 0 Å². The predicted molar refractivity (Wildman–Crippen MR) is 120 cm³/mol. The van der Waals surface area contributed by atoms with Gasteiger partial charge in [0.25, 0.3) is 5.56 Å². The highest BCUT2D eigenvalue weighted by molar-refractivity contribution is 7.99. The number of carbonyl (C=O) groups is 1. The molecule has 0 radical (unpaired) electrons. The van der Waals surface area contributed by atoms with Crippen LogP contribution in [-0.4, -0.2) is 51.0 Å². The van der Waals surface area contributed by atoms with Crippen LogP contribution in [-0.2, 0) is 16.1 Å². The van der Waals surface area contributed by atoms with E-state index in [0.29, 0.717) is 36.2 Å². The Morgan fingerprint density at radius 3 is 2.77 bits per heavy atom. The number of hydrogen-bond acceptors (Lipinski definition) is 8. The highest BCUT2D eigenvalue weighted by Crippen LogP contribution is 2.24. The van der Waals surface area contributed by atoms with Gasteiger partial charge in [-0.05, 0) is 32.4 Å². The van der Waals surface area contributed by atoms with E-state index < -0.39 is 0 Å². The first kappa shape index (κ1) is 22.7. The van der Waals surface area contributed by atoms with Gasteiger partial charge in [-0.1, -0.05) is 23.9 Å². The van der Waals surface area contributed by atoms with Gasteiger partial charge in [-0.15, -0.1) is 0 Å². The number of thioether (sulfide) groups is 1. The SMILES string of the molecule is COc1ccccc1NC(=O)CSc1nc2nccnc2c(=O)n1CCCOC(C)C. The number of nitrogens with zero attached hydrogens (tertiary/aromatic N) is 4. The second kappa shape index (κ2) is 10.9. The number of hydrogen-bond donors (Lipinski definition) is 1. The first-order valence-electron chi connectivity index (χ1n) is 9.88. The van der Waals surface area contributed by atoms with Crippen LogP contribution in [0.25, 0.3) is 11.2 Å². The quantitative estimate of drug-likeness (QED) is 0.289. The summed E-state index contributed by atoms with van der Waals surface area (Å²) >= 11 is 1.17. The molecule has 2 heterocycles. The summed E-state index contributed by atoms with van der Waals surface area (Å²) in [5, 5.41) is 3.23. The van der Waals surface area contributed by atoms with Gasteiger partial charge in [0.15, 0.2) is 16.3 Å². The van der Waals surface area contributed by atoms with E-state index in [-0.39, 0.29) is 34.5 Å². The molecule has 2 aromatic heterocycles. The van der Waals surface area contributed by atoms with E-state index in [9.17, 15) is 9.59 Å². The molecule has 0 unspecified atom stereocenters. The smallest absolute Gasteiger partial charge is 0.282 e. The monoisotopic (exact) mass is 443 g/mol. The Bertz CT molecular complexity index is 1100. The zero-order valence-corrected chi connectivity index (χ0v) is 18.5. The summed E-state index contributed by atoms with van der Waals surface area (Å²) in [6, 6.07) is 7.16. The number of para-hydroxylation sites is 2. The van der Waals surface area contributed by atoms with E-state index in [1.807, 2.05) is 26.0 Å². The fraction of sp³-hybridized carbons (Fsp3) is 0.381. The number of benzene rings is 1. The number of nitrogens with one attached hydrogen (secondary N) is 1. The standard InChI is InChI=1S/C21H25N5O4S/c1-14(2)30-12-6-11-26-20(28)18-19(23-10-9-22-18)25-21(26)31-13-17(27)24-15-7-4-5-8-16(15)29-3/h4-5,7-10,14H,6,11-13H2,1-3H3,(H,24,27). The van der Waals surface area contributed by atoms with Crippen LogP contribution in [0, 0.1) is 0 Å². The number of anilines is 1. The van der Waals surface area contributed by atoms with E-state index in [4.69, 9.17) is 9.47 Å². The number of methoxy groups -OCH3 is 1. The first-order chi connectivity index (χ1) is 15.0. The molecule has 0 fully saturated rings. The summed E-state index contributed by atoms with van der Waals surface area (Å²) < 4.78 is 12.4. The Morgan fingerprint density at radius 2 is 2.00 bits per heavy atom. The van der Waals surface area contributed by atoms with Crippen molar-refractivity contribution in [3.05, 3.63) is 47.0 Å². The average molecular weight is 444 g/mol. The molecule has 1 amide bonds. The molecule has 9 nitrogen and oxygen atoms in total. The van der Waals surface area contributed by atoms with Crippen LogP contribution in [0.4, 0.5) is 5.69 Å². The molecule has 31 heavy (non-hydrogen) atoms. The van der Waals surface area contributed by atoms with Crippen molar-refractivity contribution in [2.45, 2.75) is 38.1 Å². The summed E-state index contributed by atoms with van der Waals surface area (Å²) in [6.07, 6.45) is 3.70. The zero-order valence-electron chi connectivity index (χ0n) is 17.7. The Balaban J connectivity index is 1.77. The maximum atomic E-state index is 12.9. The minimum absolute atomic E-state index is 0.0682. The summed E-state index contributed by atoms with van der Waals surface area (Å²) in [5.41, 5.74) is 0.761. The molecule has 0 saturated heterocycles. The Hall–Kier alpha value is -2.98. The van der Waals surface area contributed by atoms with Crippen molar-refractivity contribution in [3.8, 4) is 5.75 Å². The maximum Gasteiger partial charge on any atom is 0.282 e. The number of ether oxygens (including phenoxy) is 2. The molecule has 1 N–H and O–H groups in total. The third-order valence-electron chi connectivity index (χ3n) is 4.25. The second-order valence-electron chi connectivity index (χ2n) is 6.89. The topological polar surface area (TPSA) is 108 Å². The van der Waals surface area contributed by atoms with Crippen LogP contribution in [0.5, 0.6) is 5.75 Å². The van der Waals surface area contributed by atoms with E-state index in [1.165, 1.54) is 28.7 Å². The molecule has 0 aliphatic carbocycles. The van der Waals surface area contributed by atoms with Crippen molar-refractivity contribution in [3.63, 3.8) is 0 Å². The molecule has 164 valence electrons. The molecule has 0 atom stereocenters. The minimum atomic E-state index is -0.282. The molecule has 3 aromatic rings. The van der Waals surface area contributed by atoms with E-state index in [0.717, 1.165) is 0 Å². The van der Waals surface area contributed by atoms with Gasteiger partial charge >= 0.3 is 0 Å². The van der Waals surface area contributed by atoms with E-state index in [2.05, 4.69) is 20.3 Å². The van der Waals surface area contributed by atoms with Gasteiger partial charge in [-0.25, -0.2) is 15.0 Å². The number of rotatable bonds is 10. The number of amides is 1. The Morgan fingerprint density at radius 1 is 1.23 bits per heavy atom. The molecular weight excluding hydrogens is 418 g/mol. The van der Waals surface area contributed by atoms with Gasteiger partial charge in [0, 0.05) is 25.5 Å². The van der Waals surface area contributed by atoms with Crippen LogP contribution in [0.2, 0.25) is 0 Å². The van der Waals surface area contributed by atoms with Gasteiger partial charge in [0.1, 0.15) is 5.75 Å².